The topological polar surface area (TPSA) is 21.3 Å². The summed E-state index contributed by atoms with van der Waals surface area (Å²) in [4.78, 5) is 0. The number of nitrogens with one attached hydrogen (secondary N) is 1. The van der Waals surface area contributed by atoms with E-state index in [0.717, 1.165) is 0 Å². The molecular formula is C5H2F9NO. The second-order valence-corrected chi connectivity index (χ2v) is 2.86. The Hall–Kier alpha value is -0.710. The quantitative estimate of drug-likeness (QED) is 0.677. The van der Waals surface area contributed by atoms with Crippen molar-refractivity contribution in [1.29, 1.82) is 0 Å². The maximum absolute atomic E-state index is 11.9. The number of alkyl halides is 9. The number of rotatable bonds is 0. The second kappa shape index (κ2) is 3.15. The highest BCUT2D eigenvalue weighted by Gasteiger charge is 2.81. The second-order valence-electron chi connectivity index (χ2n) is 2.86. The van der Waals surface area contributed by atoms with Crippen molar-refractivity contribution in [1.82, 2.24) is 5.32 Å². The lowest BCUT2D eigenvalue weighted by molar-refractivity contribution is -0.484. The molecule has 0 aliphatic carbocycles. The Morgan fingerprint density at radius 1 is 0.812 bits per heavy atom. The zero-order chi connectivity index (χ0) is 13.0. The fraction of sp³-hybridized carbons (Fsp3) is 1.00. The summed E-state index contributed by atoms with van der Waals surface area (Å²) in [5.41, 5.74) is -4.94. The largest absolute Gasteiger partial charge is 0.440 e. The van der Waals surface area contributed by atoms with Crippen molar-refractivity contribution < 1.29 is 44.3 Å². The monoisotopic (exact) mass is 263 g/mol. The van der Waals surface area contributed by atoms with Gasteiger partial charge in [-0.2, -0.15) is 39.5 Å². The summed E-state index contributed by atoms with van der Waals surface area (Å²) >= 11 is 0. The number of hydrogen-bond acceptors (Lipinski definition) is 2. The summed E-state index contributed by atoms with van der Waals surface area (Å²) in [6.45, 7) is 0. The Balaban J connectivity index is 2.92. The van der Waals surface area contributed by atoms with Gasteiger partial charge in [-0.25, -0.2) is 5.32 Å². The summed E-state index contributed by atoms with van der Waals surface area (Å²) < 4.78 is 110. The van der Waals surface area contributed by atoms with E-state index < -0.39 is 30.5 Å². The van der Waals surface area contributed by atoms with Gasteiger partial charge in [0.15, 0.2) is 0 Å². The fourth-order valence-electron chi connectivity index (χ4n) is 0.973. The summed E-state index contributed by atoms with van der Waals surface area (Å²) in [7, 11) is 0. The Morgan fingerprint density at radius 3 is 1.31 bits per heavy atom. The van der Waals surface area contributed by atoms with E-state index in [1.807, 2.05) is 0 Å². The molecule has 1 atom stereocenters. The third kappa shape index (κ3) is 1.81. The van der Waals surface area contributed by atoms with Crippen molar-refractivity contribution in [2.24, 2.45) is 0 Å². The maximum atomic E-state index is 11.9. The molecule has 16 heavy (non-hydrogen) atoms. The maximum Gasteiger partial charge on any atom is 0.440 e. The van der Waals surface area contributed by atoms with Crippen LogP contribution >= 0.6 is 0 Å². The van der Waals surface area contributed by atoms with Gasteiger partial charge in [-0.15, -0.1) is 0 Å². The van der Waals surface area contributed by atoms with Gasteiger partial charge in [0.25, 0.3) is 0 Å². The highest BCUT2D eigenvalue weighted by Crippen LogP contribution is 2.51. The summed E-state index contributed by atoms with van der Waals surface area (Å²) in [5.74, 6) is 0. The van der Waals surface area contributed by atoms with Crippen molar-refractivity contribution in [3.8, 4) is 0 Å². The van der Waals surface area contributed by atoms with E-state index in [-0.39, 0.29) is 0 Å². The third-order valence-electron chi connectivity index (χ3n) is 1.72. The molecule has 1 fully saturated rings. The van der Waals surface area contributed by atoms with Crippen LogP contribution in [-0.4, -0.2) is 30.5 Å². The van der Waals surface area contributed by atoms with Crippen molar-refractivity contribution in [2.45, 2.75) is 30.5 Å². The van der Waals surface area contributed by atoms with E-state index in [0.29, 0.717) is 5.32 Å². The van der Waals surface area contributed by atoms with Gasteiger partial charge in [0, 0.05) is 0 Å². The molecule has 96 valence electrons. The van der Waals surface area contributed by atoms with Gasteiger partial charge < -0.3 is 4.74 Å². The molecule has 0 amide bonds. The number of hydrogen-bond donors (Lipinski definition) is 1. The molecule has 0 bridgehead atoms. The predicted octanol–water partition coefficient (Wildman–Crippen LogP) is 2.32. The van der Waals surface area contributed by atoms with Crippen molar-refractivity contribution in [3.05, 3.63) is 0 Å². The summed E-state index contributed by atoms with van der Waals surface area (Å²) in [6, 6.07) is 0. The molecule has 1 N–H and O–H groups in total. The average molecular weight is 263 g/mol. The average Bonchev–Trinajstić information content (AvgIpc) is 1.69. The molecule has 0 saturated carbocycles. The lowest BCUT2D eigenvalue weighted by Gasteiger charge is -2.49. The van der Waals surface area contributed by atoms with Crippen molar-refractivity contribution in [3.63, 3.8) is 0 Å². The van der Waals surface area contributed by atoms with Crippen molar-refractivity contribution >= 4 is 0 Å². The van der Waals surface area contributed by atoms with E-state index in [1.165, 1.54) is 0 Å². The molecule has 0 radical (unpaired) electrons. The highest BCUT2D eigenvalue weighted by atomic mass is 19.4. The van der Waals surface area contributed by atoms with Crippen LogP contribution in [0.1, 0.15) is 0 Å². The molecule has 1 aliphatic rings. The predicted molar refractivity (Wildman–Crippen MR) is 28.9 cm³/mol. The molecule has 11 heteroatoms. The first-order valence-corrected chi connectivity index (χ1v) is 3.47. The van der Waals surface area contributed by atoms with Gasteiger partial charge >= 0.3 is 24.3 Å². The van der Waals surface area contributed by atoms with E-state index in [9.17, 15) is 39.5 Å². The van der Waals surface area contributed by atoms with Gasteiger partial charge in [0.2, 0.25) is 6.23 Å². The van der Waals surface area contributed by atoms with E-state index >= 15 is 0 Å². The minimum absolute atomic E-state index is 0.316. The van der Waals surface area contributed by atoms with Crippen LogP contribution in [-0.2, 0) is 4.74 Å². The highest BCUT2D eigenvalue weighted by molar-refractivity contribution is 5.02. The van der Waals surface area contributed by atoms with Crippen LogP contribution in [0.3, 0.4) is 0 Å². The molecule has 1 unspecified atom stereocenters. The number of halogens is 9. The van der Waals surface area contributed by atoms with Crippen LogP contribution in [0.2, 0.25) is 0 Å². The molecule has 0 aromatic rings. The lowest BCUT2D eigenvalue weighted by atomic mass is 10.1. The fourth-order valence-corrected chi connectivity index (χ4v) is 0.973. The van der Waals surface area contributed by atoms with Crippen LogP contribution in [0, 0.1) is 0 Å². The van der Waals surface area contributed by atoms with Crippen LogP contribution in [0.5, 0.6) is 0 Å². The summed E-state index contributed by atoms with van der Waals surface area (Å²) in [5, 5.41) is 0.316. The van der Waals surface area contributed by atoms with Crippen LogP contribution in [0.25, 0.3) is 0 Å². The number of ether oxygens (including phenoxy) is 1. The SMILES string of the molecule is FC(F)(F)C1NC(C(F)(F)F)(C(F)(F)F)O1. The minimum atomic E-state index is -6.03. The molecule has 1 saturated heterocycles. The molecule has 0 aromatic heterocycles. The van der Waals surface area contributed by atoms with E-state index in [2.05, 4.69) is 4.74 Å². The first kappa shape index (κ1) is 13.4. The minimum Gasteiger partial charge on any atom is -0.316 e. The Bertz CT molecular complexity index is 253. The normalized spacial score (nSPS) is 26.4. The van der Waals surface area contributed by atoms with Gasteiger partial charge in [-0.3, -0.25) is 0 Å². The van der Waals surface area contributed by atoms with E-state index in [4.69, 9.17) is 0 Å². The first-order valence-electron chi connectivity index (χ1n) is 3.47. The molecule has 0 aromatic carbocycles. The Kier molecular flexibility index (Phi) is 2.63. The third-order valence-corrected chi connectivity index (χ3v) is 1.72. The molecular weight excluding hydrogens is 261 g/mol. The van der Waals surface area contributed by atoms with Gasteiger partial charge in [-0.1, -0.05) is 0 Å². The zero-order valence-electron chi connectivity index (χ0n) is 6.89. The van der Waals surface area contributed by atoms with Crippen LogP contribution in [0.4, 0.5) is 39.5 Å². The molecule has 1 rings (SSSR count). The van der Waals surface area contributed by atoms with Gasteiger partial charge in [-0.05, 0) is 0 Å². The zero-order valence-corrected chi connectivity index (χ0v) is 6.89. The van der Waals surface area contributed by atoms with Gasteiger partial charge in [0.1, 0.15) is 0 Å². The standard InChI is InChI=1S/C5H2F9NO/c6-2(7,8)1-15-3(16-1,4(9,10)11)5(12,13)14/h1,15H. The van der Waals surface area contributed by atoms with Crippen molar-refractivity contribution in [2.75, 3.05) is 0 Å². The smallest absolute Gasteiger partial charge is 0.316 e. The molecule has 1 heterocycles. The van der Waals surface area contributed by atoms with Gasteiger partial charge in [0.05, 0.1) is 0 Å². The summed E-state index contributed by atoms with van der Waals surface area (Å²) in [6.07, 6.45) is -20.7. The Labute approximate surface area is 81.3 Å². The lowest BCUT2D eigenvalue weighted by Crippen LogP contribution is -2.82. The van der Waals surface area contributed by atoms with E-state index in [1.54, 1.807) is 0 Å². The molecule has 2 nitrogen and oxygen atoms in total. The van der Waals surface area contributed by atoms with Crippen LogP contribution < -0.4 is 5.32 Å². The molecule has 0 spiro atoms. The van der Waals surface area contributed by atoms with Crippen LogP contribution in [0.15, 0.2) is 0 Å². The Morgan fingerprint density at radius 2 is 1.12 bits per heavy atom. The molecule has 1 aliphatic heterocycles. The first-order chi connectivity index (χ1) is 6.81.